The number of rotatable bonds is 6. The molecule has 2 aromatic carbocycles. The number of nitrogens with one attached hydrogen (secondary N) is 3. The van der Waals surface area contributed by atoms with Crippen molar-refractivity contribution >= 4 is 40.8 Å². The summed E-state index contributed by atoms with van der Waals surface area (Å²) in [7, 11) is 1.61. The molecule has 1 fully saturated rings. The van der Waals surface area contributed by atoms with Crippen LogP contribution in [0, 0.1) is 0 Å². The van der Waals surface area contributed by atoms with Gasteiger partial charge in [-0.1, -0.05) is 35.3 Å². The maximum atomic E-state index is 12.6. The highest BCUT2D eigenvalue weighted by Gasteiger charge is 2.25. The Balaban J connectivity index is 1.48. The van der Waals surface area contributed by atoms with Crippen LogP contribution in [0.1, 0.15) is 12.0 Å². The molecule has 160 valence electrons. The Morgan fingerprint density at radius 3 is 2.80 bits per heavy atom. The second-order valence-corrected chi connectivity index (χ2v) is 7.80. The van der Waals surface area contributed by atoms with E-state index in [0.29, 0.717) is 41.9 Å². The molecule has 1 aliphatic rings. The third-order valence-corrected chi connectivity index (χ3v) is 5.51. The van der Waals surface area contributed by atoms with Crippen molar-refractivity contribution in [1.29, 1.82) is 0 Å². The van der Waals surface area contributed by atoms with E-state index in [1.54, 1.807) is 30.2 Å². The number of methoxy groups -OCH3 is 1. The zero-order chi connectivity index (χ0) is 21.5. The molecule has 1 aliphatic heterocycles. The highest BCUT2D eigenvalue weighted by molar-refractivity contribution is 6.42. The number of piperazine rings is 1. The van der Waals surface area contributed by atoms with Gasteiger partial charge in [0.1, 0.15) is 5.75 Å². The maximum absolute atomic E-state index is 12.6. The van der Waals surface area contributed by atoms with Gasteiger partial charge in [-0.15, -0.1) is 0 Å². The molecule has 0 bridgehead atoms. The van der Waals surface area contributed by atoms with Gasteiger partial charge in [-0.25, -0.2) is 4.79 Å². The lowest BCUT2D eigenvalue weighted by Gasteiger charge is -2.33. The van der Waals surface area contributed by atoms with Crippen LogP contribution in [0.5, 0.6) is 5.75 Å². The van der Waals surface area contributed by atoms with Gasteiger partial charge < -0.3 is 25.6 Å². The van der Waals surface area contributed by atoms with Crippen LogP contribution in [-0.4, -0.2) is 49.6 Å². The van der Waals surface area contributed by atoms with Crippen molar-refractivity contribution in [2.24, 2.45) is 0 Å². The zero-order valence-electron chi connectivity index (χ0n) is 16.6. The smallest absolute Gasteiger partial charge is 0.321 e. The summed E-state index contributed by atoms with van der Waals surface area (Å²) in [5.41, 5.74) is 1.53. The van der Waals surface area contributed by atoms with E-state index in [1.165, 1.54) is 0 Å². The Bertz CT molecular complexity index is 910. The number of halogens is 2. The lowest BCUT2D eigenvalue weighted by Crippen LogP contribution is -2.54. The molecular weight excluding hydrogens is 427 g/mol. The second kappa shape index (κ2) is 10.5. The zero-order valence-corrected chi connectivity index (χ0v) is 18.1. The monoisotopic (exact) mass is 450 g/mol. The highest BCUT2D eigenvalue weighted by atomic mass is 35.5. The molecule has 0 aromatic heterocycles. The summed E-state index contributed by atoms with van der Waals surface area (Å²) in [6, 6.07) is 12.1. The average Bonchev–Trinajstić information content (AvgIpc) is 2.75. The molecule has 0 aliphatic carbocycles. The summed E-state index contributed by atoms with van der Waals surface area (Å²) in [4.78, 5) is 26.6. The molecule has 2 aromatic rings. The van der Waals surface area contributed by atoms with Crippen LogP contribution < -0.4 is 20.7 Å². The molecule has 30 heavy (non-hydrogen) atoms. The third kappa shape index (κ3) is 6.26. The molecule has 7 nitrogen and oxygen atoms in total. The van der Waals surface area contributed by atoms with Gasteiger partial charge in [-0.2, -0.15) is 0 Å². The molecular formula is C21H24Cl2N4O3. The predicted molar refractivity (Wildman–Crippen MR) is 118 cm³/mol. The number of benzene rings is 2. The number of hydrogen-bond donors (Lipinski definition) is 3. The number of ether oxygens (including phenoxy) is 1. The molecule has 3 amide bonds. The summed E-state index contributed by atoms with van der Waals surface area (Å²) in [6.07, 6.45) is 0.278. The van der Waals surface area contributed by atoms with E-state index in [0.717, 1.165) is 11.3 Å². The van der Waals surface area contributed by atoms with Gasteiger partial charge in [0, 0.05) is 44.3 Å². The van der Waals surface area contributed by atoms with E-state index in [2.05, 4.69) is 16.0 Å². The van der Waals surface area contributed by atoms with Gasteiger partial charge in [0.25, 0.3) is 0 Å². The number of hydrogen-bond acceptors (Lipinski definition) is 4. The quantitative estimate of drug-likeness (QED) is 0.628. The minimum atomic E-state index is -0.239. The molecule has 1 atom stereocenters. The summed E-state index contributed by atoms with van der Waals surface area (Å²) in [5, 5.41) is 9.82. The lowest BCUT2D eigenvalue weighted by molar-refractivity contribution is -0.121. The predicted octanol–water partition coefficient (Wildman–Crippen LogP) is 3.51. The number of amides is 3. The molecule has 3 rings (SSSR count). The number of nitrogens with zero attached hydrogens (tertiary/aromatic N) is 1. The fourth-order valence-corrected chi connectivity index (χ4v) is 3.50. The highest BCUT2D eigenvalue weighted by Crippen LogP contribution is 2.25. The standard InChI is InChI=1S/C21H24Cl2N4O3/c1-30-17-4-2-3-14(9-17)12-25-20(28)11-16-13-27(8-7-24-16)21(29)26-15-5-6-18(22)19(23)10-15/h2-6,9-10,16,24H,7-8,11-13H2,1H3,(H,25,28)(H,26,29). The van der Waals surface area contributed by atoms with Crippen LogP contribution in [0.4, 0.5) is 10.5 Å². The molecule has 0 saturated carbocycles. The van der Waals surface area contributed by atoms with Gasteiger partial charge >= 0.3 is 6.03 Å². The Morgan fingerprint density at radius 1 is 1.20 bits per heavy atom. The summed E-state index contributed by atoms with van der Waals surface area (Å²) in [5.74, 6) is 0.668. The molecule has 0 spiro atoms. The Labute approximate surface area is 185 Å². The first-order valence-electron chi connectivity index (χ1n) is 9.58. The molecule has 1 unspecified atom stereocenters. The van der Waals surface area contributed by atoms with Crippen molar-refractivity contribution < 1.29 is 14.3 Å². The normalized spacial score (nSPS) is 16.1. The minimum Gasteiger partial charge on any atom is -0.497 e. The van der Waals surface area contributed by atoms with E-state index >= 15 is 0 Å². The van der Waals surface area contributed by atoms with Crippen LogP contribution in [0.3, 0.4) is 0 Å². The van der Waals surface area contributed by atoms with E-state index in [-0.39, 0.29) is 24.4 Å². The summed E-state index contributed by atoms with van der Waals surface area (Å²) in [6.45, 7) is 2.02. The van der Waals surface area contributed by atoms with Crippen molar-refractivity contribution in [2.75, 3.05) is 32.1 Å². The van der Waals surface area contributed by atoms with E-state index in [1.807, 2.05) is 24.3 Å². The number of urea groups is 1. The van der Waals surface area contributed by atoms with Gasteiger partial charge in [0.2, 0.25) is 5.91 Å². The van der Waals surface area contributed by atoms with Crippen LogP contribution in [0.15, 0.2) is 42.5 Å². The van der Waals surface area contributed by atoms with Gasteiger partial charge in [-0.05, 0) is 35.9 Å². The summed E-state index contributed by atoms with van der Waals surface area (Å²) < 4.78 is 5.19. The van der Waals surface area contributed by atoms with Crippen molar-refractivity contribution in [3.8, 4) is 5.75 Å². The van der Waals surface area contributed by atoms with E-state index < -0.39 is 0 Å². The number of anilines is 1. The van der Waals surface area contributed by atoms with Crippen molar-refractivity contribution in [3.63, 3.8) is 0 Å². The largest absolute Gasteiger partial charge is 0.497 e. The van der Waals surface area contributed by atoms with E-state index in [9.17, 15) is 9.59 Å². The van der Waals surface area contributed by atoms with E-state index in [4.69, 9.17) is 27.9 Å². The topological polar surface area (TPSA) is 82.7 Å². The molecule has 1 heterocycles. The minimum absolute atomic E-state index is 0.0814. The number of carbonyl (C=O) groups is 2. The van der Waals surface area contributed by atoms with Gasteiger partial charge in [-0.3, -0.25) is 4.79 Å². The molecule has 3 N–H and O–H groups in total. The summed E-state index contributed by atoms with van der Waals surface area (Å²) >= 11 is 11.9. The van der Waals surface area contributed by atoms with Gasteiger partial charge in [0.05, 0.1) is 17.2 Å². The first-order chi connectivity index (χ1) is 14.4. The van der Waals surface area contributed by atoms with Crippen LogP contribution in [0.2, 0.25) is 10.0 Å². The maximum Gasteiger partial charge on any atom is 0.321 e. The SMILES string of the molecule is COc1cccc(CNC(=O)CC2CN(C(=O)Nc3ccc(Cl)c(Cl)c3)CCN2)c1. The Hall–Kier alpha value is -2.48. The average molecular weight is 451 g/mol. The van der Waals surface area contributed by atoms with Crippen molar-refractivity contribution in [3.05, 3.63) is 58.1 Å². The van der Waals surface area contributed by atoms with Crippen LogP contribution >= 0.6 is 23.2 Å². The van der Waals surface area contributed by atoms with Crippen molar-refractivity contribution in [1.82, 2.24) is 15.5 Å². The number of carbonyl (C=O) groups excluding carboxylic acids is 2. The van der Waals surface area contributed by atoms with Crippen LogP contribution in [0.25, 0.3) is 0 Å². The van der Waals surface area contributed by atoms with Crippen molar-refractivity contribution in [2.45, 2.75) is 19.0 Å². The molecule has 0 radical (unpaired) electrons. The fourth-order valence-electron chi connectivity index (χ4n) is 3.20. The third-order valence-electron chi connectivity index (χ3n) is 4.77. The van der Waals surface area contributed by atoms with Gasteiger partial charge in [0.15, 0.2) is 0 Å². The van der Waals surface area contributed by atoms with Crippen LogP contribution in [-0.2, 0) is 11.3 Å². The first kappa shape index (κ1) is 22.2. The molecule has 1 saturated heterocycles. The Kier molecular flexibility index (Phi) is 7.79. The Morgan fingerprint density at radius 2 is 2.03 bits per heavy atom. The lowest BCUT2D eigenvalue weighted by atomic mass is 10.1. The molecule has 9 heteroatoms. The second-order valence-electron chi connectivity index (χ2n) is 6.99. The fraction of sp³-hybridized carbons (Fsp3) is 0.333. The first-order valence-corrected chi connectivity index (χ1v) is 10.3.